The summed E-state index contributed by atoms with van der Waals surface area (Å²) >= 11 is 1.91. The summed E-state index contributed by atoms with van der Waals surface area (Å²) in [5.74, 6) is 0.496. The third-order valence-electron chi connectivity index (χ3n) is 2.82. The summed E-state index contributed by atoms with van der Waals surface area (Å²) in [6.07, 6.45) is 11.0. The lowest BCUT2D eigenvalue weighted by molar-refractivity contribution is -0.188. The van der Waals surface area contributed by atoms with Gasteiger partial charge in [-0.25, -0.2) is 0 Å². The van der Waals surface area contributed by atoms with Crippen LogP contribution in [0.5, 0.6) is 0 Å². The van der Waals surface area contributed by atoms with Gasteiger partial charge in [0.15, 0.2) is 0 Å². The van der Waals surface area contributed by atoms with Crippen LogP contribution in [0.2, 0.25) is 0 Å². The Morgan fingerprint density at radius 1 is 1.33 bits per heavy atom. The van der Waals surface area contributed by atoms with Gasteiger partial charge in [-0.1, -0.05) is 24.3 Å². The maximum absolute atomic E-state index is 5.63. The normalized spacial score (nSPS) is 35.7. The zero-order chi connectivity index (χ0) is 10.5. The molecule has 2 aliphatic rings. The summed E-state index contributed by atoms with van der Waals surface area (Å²) in [4.78, 5) is 0. The molecule has 0 aromatic carbocycles. The Hall–Kier alpha value is 0.0900. The molecule has 2 rings (SSSR count). The first kappa shape index (κ1) is 11.6. The number of halogens is 1. The third-order valence-corrected chi connectivity index (χ3v) is 3.18. The minimum atomic E-state index is 0.181. The molecule has 84 valence electrons. The van der Waals surface area contributed by atoms with Crippen LogP contribution in [0.25, 0.3) is 0 Å². The van der Waals surface area contributed by atoms with Crippen molar-refractivity contribution in [2.24, 2.45) is 5.92 Å². The van der Waals surface area contributed by atoms with E-state index in [2.05, 4.69) is 24.3 Å². The summed E-state index contributed by atoms with van der Waals surface area (Å²) in [6.45, 7) is 1.04. The maximum Gasteiger partial charge on any atom is 0.147 e. The van der Waals surface area contributed by atoms with Gasteiger partial charge in [-0.3, -0.25) is 0 Å². The van der Waals surface area contributed by atoms with E-state index in [0.717, 1.165) is 12.8 Å². The molecule has 0 aromatic heterocycles. The van der Waals surface area contributed by atoms with E-state index in [1.54, 1.807) is 0 Å². The summed E-state index contributed by atoms with van der Waals surface area (Å²) in [5.41, 5.74) is 0. The van der Waals surface area contributed by atoms with Crippen molar-refractivity contribution in [1.29, 1.82) is 0 Å². The average Bonchev–Trinajstić information content (AvgIpc) is 2.31. The average molecular weight is 322 g/mol. The van der Waals surface area contributed by atoms with Gasteiger partial charge in [0.2, 0.25) is 0 Å². The molecule has 3 nitrogen and oxygen atoms in total. The molecule has 4 heteroatoms. The molecule has 0 radical (unpaired) electrons. The van der Waals surface area contributed by atoms with Gasteiger partial charge in [0.05, 0.1) is 18.8 Å². The van der Waals surface area contributed by atoms with Crippen LogP contribution >= 0.6 is 23.0 Å². The second-order valence-corrected chi connectivity index (χ2v) is 4.46. The van der Waals surface area contributed by atoms with Crippen LogP contribution in [0.1, 0.15) is 12.8 Å². The number of allylic oxidation sites excluding steroid dienone is 3. The molecule has 3 unspecified atom stereocenters. The van der Waals surface area contributed by atoms with E-state index in [4.69, 9.17) is 12.5 Å². The number of hydrogen-bond acceptors (Lipinski definition) is 3. The van der Waals surface area contributed by atoms with Gasteiger partial charge in [-0.15, -0.1) is 0 Å². The lowest BCUT2D eigenvalue weighted by atomic mass is 9.91. The van der Waals surface area contributed by atoms with Crippen LogP contribution in [-0.4, -0.2) is 25.6 Å². The first-order valence-corrected chi connectivity index (χ1v) is 6.08. The van der Waals surface area contributed by atoms with Crippen molar-refractivity contribution in [2.75, 3.05) is 13.4 Å². The molecule has 0 amide bonds. The van der Waals surface area contributed by atoms with E-state index in [0.29, 0.717) is 19.3 Å². The van der Waals surface area contributed by atoms with Crippen LogP contribution in [0.4, 0.5) is 0 Å². The molecule has 0 saturated carbocycles. The molecule has 0 spiro atoms. The monoisotopic (exact) mass is 322 g/mol. The Morgan fingerprint density at radius 2 is 2.27 bits per heavy atom. The van der Waals surface area contributed by atoms with Gasteiger partial charge < -0.3 is 12.5 Å². The highest BCUT2D eigenvalue weighted by Gasteiger charge is 2.28. The fraction of sp³-hybridized carbons (Fsp3) is 0.636. The highest BCUT2D eigenvalue weighted by molar-refractivity contribution is 14.1. The molecule has 1 aliphatic carbocycles. The molecule has 1 saturated heterocycles. The van der Waals surface area contributed by atoms with Gasteiger partial charge in [0.1, 0.15) is 29.8 Å². The third kappa shape index (κ3) is 3.27. The van der Waals surface area contributed by atoms with E-state index in [1.807, 2.05) is 23.0 Å². The molecule has 0 bridgehead atoms. The van der Waals surface area contributed by atoms with Crippen molar-refractivity contribution in [3.05, 3.63) is 24.3 Å². The van der Waals surface area contributed by atoms with E-state index >= 15 is 0 Å². The number of ether oxygens (including phenoxy) is 2. The maximum atomic E-state index is 5.63. The number of rotatable bonds is 3. The molecular formula is C11H15IO3. The van der Waals surface area contributed by atoms with E-state index in [-0.39, 0.29) is 12.2 Å². The van der Waals surface area contributed by atoms with Gasteiger partial charge in [-0.05, 0) is 6.42 Å². The number of hydrogen-bond donors (Lipinski definition) is 0. The fourth-order valence-corrected chi connectivity index (χ4v) is 2.38. The molecular weight excluding hydrogens is 307 g/mol. The minimum Gasteiger partial charge on any atom is -0.351 e. The molecule has 1 fully saturated rings. The lowest BCUT2D eigenvalue weighted by Crippen LogP contribution is -2.37. The van der Waals surface area contributed by atoms with Crippen LogP contribution in [0.15, 0.2) is 24.3 Å². The molecule has 3 atom stereocenters. The largest absolute Gasteiger partial charge is 0.351 e. The zero-order valence-corrected chi connectivity index (χ0v) is 10.6. The van der Waals surface area contributed by atoms with Gasteiger partial charge in [0, 0.05) is 12.3 Å². The topological polar surface area (TPSA) is 27.7 Å². The zero-order valence-electron chi connectivity index (χ0n) is 8.47. The highest BCUT2D eigenvalue weighted by Crippen LogP contribution is 2.26. The van der Waals surface area contributed by atoms with Crippen LogP contribution in [0, 0.1) is 5.92 Å². The Balaban J connectivity index is 1.86. The van der Waals surface area contributed by atoms with Crippen LogP contribution in [-0.2, 0) is 12.5 Å². The lowest BCUT2D eigenvalue weighted by Gasteiger charge is -2.33. The molecule has 0 N–H and O–H groups in total. The van der Waals surface area contributed by atoms with Gasteiger partial charge in [-0.2, -0.15) is 0 Å². The standard InChI is InChI=1S/C11H15IO3/c12-15-7-10-6-11(14-8-13-10)9-4-2-1-3-5-9/h1-4,9-11H,5-8H2. The van der Waals surface area contributed by atoms with E-state index < -0.39 is 0 Å². The summed E-state index contributed by atoms with van der Waals surface area (Å²) in [7, 11) is 0. The van der Waals surface area contributed by atoms with Crippen molar-refractivity contribution in [3.63, 3.8) is 0 Å². The first-order chi connectivity index (χ1) is 7.40. The van der Waals surface area contributed by atoms with E-state index in [9.17, 15) is 0 Å². The smallest absolute Gasteiger partial charge is 0.147 e. The van der Waals surface area contributed by atoms with Crippen molar-refractivity contribution in [3.8, 4) is 0 Å². The van der Waals surface area contributed by atoms with E-state index in [1.165, 1.54) is 0 Å². The predicted octanol–water partition coefficient (Wildman–Crippen LogP) is 2.62. The molecule has 1 aliphatic heterocycles. The van der Waals surface area contributed by atoms with Gasteiger partial charge in [0.25, 0.3) is 0 Å². The van der Waals surface area contributed by atoms with Gasteiger partial charge >= 0.3 is 0 Å². The Bertz CT molecular complexity index is 250. The quantitative estimate of drug-likeness (QED) is 0.748. The Morgan fingerprint density at radius 3 is 3.00 bits per heavy atom. The molecule has 1 heterocycles. The SMILES string of the molecule is IOCC1CC(C2C=CC=CC2)OCO1. The molecule has 15 heavy (non-hydrogen) atoms. The van der Waals surface area contributed by atoms with Crippen molar-refractivity contribution in [1.82, 2.24) is 0 Å². The van der Waals surface area contributed by atoms with Crippen molar-refractivity contribution >= 4 is 23.0 Å². The van der Waals surface area contributed by atoms with Crippen molar-refractivity contribution in [2.45, 2.75) is 25.0 Å². The second-order valence-electron chi connectivity index (χ2n) is 3.84. The fourth-order valence-electron chi connectivity index (χ4n) is 1.98. The minimum absolute atomic E-state index is 0.181. The summed E-state index contributed by atoms with van der Waals surface area (Å²) in [6, 6.07) is 0. The summed E-state index contributed by atoms with van der Waals surface area (Å²) in [5, 5.41) is 0. The van der Waals surface area contributed by atoms with Crippen LogP contribution in [0.3, 0.4) is 0 Å². The highest BCUT2D eigenvalue weighted by atomic mass is 127. The Labute approximate surface area is 104 Å². The molecule has 0 aromatic rings. The summed E-state index contributed by atoms with van der Waals surface area (Å²) < 4.78 is 16.1. The van der Waals surface area contributed by atoms with Crippen LogP contribution < -0.4 is 0 Å². The predicted molar refractivity (Wildman–Crippen MR) is 65.6 cm³/mol. The second kappa shape index (κ2) is 5.98. The Kier molecular flexibility index (Phi) is 4.61. The first-order valence-electron chi connectivity index (χ1n) is 5.20. The van der Waals surface area contributed by atoms with Crippen molar-refractivity contribution < 1.29 is 12.5 Å².